The number of carbonyl (C=O) groups excluding carboxylic acids is 6. The predicted molar refractivity (Wildman–Crippen MR) is 163 cm³/mol. The molecule has 14 nitrogen and oxygen atoms in total. The van der Waals surface area contributed by atoms with Crippen LogP contribution in [0, 0.1) is 0 Å². The minimum Gasteiger partial charge on any atom is -0.489 e. The first-order chi connectivity index (χ1) is 23.5. The van der Waals surface area contributed by atoms with Crippen molar-refractivity contribution >= 4 is 35.8 Å². The van der Waals surface area contributed by atoms with Crippen LogP contribution in [0.5, 0.6) is 0 Å². The van der Waals surface area contributed by atoms with Gasteiger partial charge in [0.2, 0.25) is 0 Å². The zero-order chi connectivity index (χ0) is 35.1. The number of rotatable bonds is 7. The van der Waals surface area contributed by atoms with Crippen LogP contribution in [0.2, 0.25) is 0 Å². The Kier molecular flexibility index (Phi) is 10.2. The molecule has 0 amide bonds. The molecule has 2 saturated heterocycles. The fourth-order valence-electron chi connectivity index (χ4n) is 5.72. The van der Waals surface area contributed by atoms with Gasteiger partial charge in [-0.15, -0.1) is 0 Å². The van der Waals surface area contributed by atoms with Crippen LogP contribution in [-0.2, 0) is 61.9 Å². The van der Waals surface area contributed by atoms with E-state index >= 15 is 0 Å². The molecule has 0 aromatic carbocycles. The van der Waals surface area contributed by atoms with Crippen molar-refractivity contribution in [2.24, 2.45) is 0 Å². The van der Waals surface area contributed by atoms with Crippen LogP contribution in [0.4, 0.5) is 0 Å². The van der Waals surface area contributed by atoms with E-state index in [4.69, 9.17) is 33.2 Å². The molecule has 14 heteroatoms. The summed E-state index contributed by atoms with van der Waals surface area (Å²) in [5, 5.41) is 10.5. The molecule has 0 radical (unpaired) electrons. The maximum absolute atomic E-state index is 12.8. The standard InChI is InChI=1S/C35H32O14/c1-2-3-4-6-10-24-29(39)46-34(47-30(24)40)17-19-35(20-18-34)48-31(41)26(32(42)49-35)12-8-5-7-11-25-27(37)44-33(45-28(25)38)15-13-23(14-16-33)43-22-9-21-36/h2-8,10-12,22-23,41H,13-20H2,1H3. The Balaban J connectivity index is 1.14. The first-order valence-corrected chi connectivity index (χ1v) is 15.5. The van der Waals surface area contributed by atoms with Crippen LogP contribution in [0.1, 0.15) is 58.3 Å². The first kappa shape index (κ1) is 34.5. The molecule has 0 atom stereocenters. The van der Waals surface area contributed by atoms with Gasteiger partial charge in [0.1, 0.15) is 23.0 Å². The number of allylic oxidation sites excluding steroid dienone is 9. The smallest absolute Gasteiger partial charge is 0.348 e. The van der Waals surface area contributed by atoms with Crippen LogP contribution >= 0.6 is 0 Å². The zero-order valence-electron chi connectivity index (χ0n) is 26.3. The molecule has 3 spiro atoms. The minimum absolute atomic E-state index is 0.0475. The second-order valence-electron chi connectivity index (χ2n) is 11.5. The van der Waals surface area contributed by atoms with Crippen LogP contribution in [-0.4, -0.2) is 64.4 Å². The van der Waals surface area contributed by atoms with Gasteiger partial charge in [-0.3, -0.25) is 0 Å². The zero-order valence-corrected chi connectivity index (χ0v) is 26.3. The van der Waals surface area contributed by atoms with E-state index < -0.39 is 53.2 Å². The van der Waals surface area contributed by atoms with Gasteiger partial charge >= 0.3 is 29.8 Å². The molecule has 5 aliphatic rings. The highest BCUT2D eigenvalue weighted by atomic mass is 16.8. The van der Waals surface area contributed by atoms with Gasteiger partial charge in [0.15, 0.2) is 5.94 Å². The van der Waals surface area contributed by atoms with E-state index in [2.05, 4.69) is 5.73 Å². The Morgan fingerprint density at radius 3 is 1.61 bits per heavy atom. The lowest BCUT2D eigenvalue weighted by molar-refractivity contribution is -0.297. The predicted octanol–water partition coefficient (Wildman–Crippen LogP) is 3.75. The maximum Gasteiger partial charge on any atom is 0.348 e. The van der Waals surface area contributed by atoms with Gasteiger partial charge in [-0.2, -0.15) is 0 Å². The van der Waals surface area contributed by atoms with Crippen molar-refractivity contribution < 1.29 is 67.0 Å². The molecule has 256 valence electrons. The number of aliphatic hydroxyl groups is 1. The Bertz CT molecular complexity index is 1660. The van der Waals surface area contributed by atoms with Gasteiger partial charge in [0, 0.05) is 44.3 Å². The second kappa shape index (κ2) is 14.5. The molecule has 2 saturated carbocycles. The highest BCUT2D eigenvalue weighted by Gasteiger charge is 2.56. The van der Waals surface area contributed by atoms with Crippen molar-refractivity contribution in [1.29, 1.82) is 0 Å². The second-order valence-corrected chi connectivity index (χ2v) is 11.5. The summed E-state index contributed by atoms with van der Waals surface area (Å²) in [4.78, 5) is 73.4. The van der Waals surface area contributed by atoms with Crippen molar-refractivity contribution in [3.8, 4) is 0 Å². The summed E-state index contributed by atoms with van der Waals surface area (Å²) in [6.07, 6.45) is 16.3. The van der Waals surface area contributed by atoms with Gasteiger partial charge in [-0.05, 0) is 38.0 Å². The quantitative estimate of drug-likeness (QED) is 0.0600. The molecule has 0 aromatic rings. The van der Waals surface area contributed by atoms with Gasteiger partial charge in [-0.1, -0.05) is 42.5 Å². The van der Waals surface area contributed by atoms with Crippen LogP contribution in [0.25, 0.3) is 0 Å². The van der Waals surface area contributed by atoms with Crippen LogP contribution in [0.15, 0.2) is 95.4 Å². The fourth-order valence-corrected chi connectivity index (χ4v) is 5.72. The van der Waals surface area contributed by atoms with E-state index in [9.17, 15) is 33.9 Å². The summed E-state index contributed by atoms with van der Waals surface area (Å²) in [5.74, 6) is -8.05. The third kappa shape index (κ3) is 7.83. The molecule has 1 N–H and O–H groups in total. The van der Waals surface area contributed by atoms with Crippen molar-refractivity contribution in [2.75, 3.05) is 0 Å². The monoisotopic (exact) mass is 676 g/mol. The molecule has 3 heterocycles. The Morgan fingerprint density at radius 1 is 0.653 bits per heavy atom. The molecule has 0 bridgehead atoms. The van der Waals surface area contributed by atoms with Gasteiger partial charge < -0.3 is 38.3 Å². The summed E-state index contributed by atoms with van der Waals surface area (Å²) in [5.41, 5.74) is 1.26. The molecule has 0 unspecified atom stereocenters. The summed E-state index contributed by atoms with van der Waals surface area (Å²) < 4.78 is 38.3. The van der Waals surface area contributed by atoms with E-state index in [1.54, 1.807) is 18.2 Å². The van der Waals surface area contributed by atoms with Crippen molar-refractivity contribution in [3.05, 3.63) is 95.4 Å². The lowest BCUT2D eigenvalue weighted by atomic mass is 9.87. The Hall–Kier alpha value is -5.84. The largest absolute Gasteiger partial charge is 0.489 e. The SMILES string of the molecule is CC=CC=CC=C1C(=O)OC2(CCC3(CC2)OC(=O)C(C=CC=CC=C2C(=O)OC4(CCC(OC=C=C=O)CC4)OC2=O)=C(O)O3)OC1=O. The van der Waals surface area contributed by atoms with E-state index in [-0.39, 0.29) is 61.3 Å². The first-order valence-electron chi connectivity index (χ1n) is 15.5. The average molecular weight is 677 g/mol. The fraction of sp³-hybridized carbons (Fsp3) is 0.371. The average Bonchev–Trinajstić information content (AvgIpc) is 3.05. The summed E-state index contributed by atoms with van der Waals surface area (Å²) in [7, 11) is 0. The number of esters is 5. The normalized spacial score (nSPS) is 30.2. The summed E-state index contributed by atoms with van der Waals surface area (Å²) >= 11 is 0. The van der Waals surface area contributed by atoms with E-state index in [1.807, 2.05) is 6.92 Å². The number of carbonyl (C=O) groups is 5. The van der Waals surface area contributed by atoms with Gasteiger partial charge in [0.25, 0.3) is 23.3 Å². The third-order valence-corrected chi connectivity index (χ3v) is 8.28. The number of hydrogen-bond acceptors (Lipinski definition) is 14. The summed E-state index contributed by atoms with van der Waals surface area (Å²) in [6.45, 7) is 1.81. The van der Waals surface area contributed by atoms with E-state index in [0.29, 0.717) is 12.8 Å². The lowest BCUT2D eigenvalue weighted by Gasteiger charge is -2.46. The highest BCUT2D eigenvalue weighted by molar-refractivity contribution is 6.16. The third-order valence-electron chi connectivity index (χ3n) is 8.28. The van der Waals surface area contributed by atoms with Crippen LogP contribution < -0.4 is 0 Å². The molecule has 49 heavy (non-hydrogen) atoms. The number of ether oxygens (including phenoxy) is 7. The molecular weight excluding hydrogens is 644 g/mol. The molecule has 4 fully saturated rings. The number of hydrogen-bond donors (Lipinski definition) is 1. The van der Waals surface area contributed by atoms with Crippen molar-refractivity contribution in [3.63, 3.8) is 0 Å². The van der Waals surface area contributed by atoms with Gasteiger partial charge in [0.05, 0.1) is 6.10 Å². The van der Waals surface area contributed by atoms with Gasteiger partial charge in [-0.25, -0.2) is 28.8 Å². The molecular formula is C35H32O14. The lowest BCUT2D eigenvalue weighted by Crippen LogP contribution is -2.54. The molecule has 3 aliphatic heterocycles. The summed E-state index contributed by atoms with van der Waals surface area (Å²) in [6, 6.07) is 0. The van der Waals surface area contributed by atoms with Crippen molar-refractivity contribution in [2.45, 2.75) is 81.8 Å². The van der Waals surface area contributed by atoms with E-state index in [0.717, 1.165) is 6.26 Å². The van der Waals surface area contributed by atoms with Crippen LogP contribution in [0.3, 0.4) is 0 Å². The Morgan fingerprint density at radius 2 is 1.12 bits per heavy atom. The van der Waals surface area contributed by atoms with Crippen molar-refractivity contribution in [1.82, 2.24) is 0 Å². The maximum atomic E-state index is 12.8. The Labute approximate surface area is 279 Å². The van der Waals surface area contributed by atoms with E-state index in [1.165, 1.54) is 48.5 Å². The minimum atomic E-state index is -1.57. The molecule has 5 rings (SSSR count). The molecule has 2 aliphatic carbocycles. The molecule has 0 aromatic heterocycles. The topological polar surface area (TPSA) is 187 Å². The number of aliphatic hydroxyl groups excluding tert-OH is 1. The highest BCUT2D eigenvalue weighted by Crippen LogP contribution is 2.46.